The molecule has 1 N–H and O–H groups in total. The number of anilines is 2. The molecule has 2 amide bonds. The van der Waals surface area contributed by atoms with Gasteiger partial charge in [0.25, 0.3) is 5.69 Å². The number of non-ortho nitro benzene ring substituents is 1. The maximum atomic E-state index is 12.5. The molecule has 0 unspecified atom stereocenters. The third-order valence-electron chi connectivity index (χ3n) is 4.27. The molecule has 2 aromatic rings. The number of rotatable bonds is 7. The van der Waals surface area contributed by atoms with E-state index in [4.69, 9.17) is 4.74 Å². The molecule has 3 rings (SSSR count). The second kappa shape index (κ2) is 10.2. The van der Waals surface area contributed by atoms with Gasteiger partial charge in [-0.1, -0.05) is 23.1 Å². The Bertz CT molecular complexity index is 898. The largest absolute Gasteiger partial charge is 0.450 e. The van der Waals surface area contributed by atoms with Crippen molar-refractivity contribution in [1.29, 1.82) is 0 Å². The third-order valence-corrected chi connectivity index (χ3v) is 6.22. The fourth-order valence-electron chi connectivity index (χ4n) is 2.79. The third kappa shape index (κ3) is 5.79. The Morgan fingerprint density at radius 2 is 1.93 bits per heavy atom. The van der Waals surface area contributed by atoms with Crippen molar-refractivity contribution in [3.63, 3.8) is 0 Å². The summed E-state index contributed by atoms with van der Waals surface area (Å²) in [5.41, 5.74) is 0.958. The molecule has 1 aromatic heterocycles. The molecule has 0 bridgehead atoms. The number of aromatic nitrogens is 2. The highest BCUT2D eigenvalue weighted by Gasteiger charge is 2.22. The summed E-state index contributed by atoms with van der Waals surface area (Å²) < 4.78 is 5.36. The summed E-state index contributed by atoms with van der Waals surface area (Å²) in [5, 5.41) is 21.4. The molecule has 2 heterocycles. The number of nitrogens with zero attached hydrogens (tertiary/aromatic N) is 5. The standard InChI is InChI=1S/C17H20N6O5S2/c1-2-28-16(25)18-15-19-20-17(30-15)29-11-14(24)22-9-7-21(8-10-22)12-3-5-13(6-4-12)23(26)27/h3-6H,2,7-11H2,1H3,(H,18,19,25). The second-order valence-corrected chi connectivity index (χ2v) is 8.35. The summed E-state index contributed by atoms with van der Waals surface area (Å²) in [6.07, 6.45) is -0.591. The number of ether oxygens (including phenoxy) is 1. The minimum absolute atomic E-state index is 0.00143. The van der Waals surface area contributed by atoms with E-state index in [1.807, 2.05) is 0 Å². The van der Waals surface area contributed by atoms with Crippen molar-refractivity contribution in [1.82, 2.24) is 15.1 Å². The van der Waals surface area contributed by atoms with Crippen molar-refractivity contribution < 1.29 is 19.2 Å². The zero-order chi connectivity index (χ0) is 21.5. The molecule has 13 heteroatoms. The Morgan fingerprint density at radius 3 is 2.57 bits per heavy atom. The minimum Gasteiger partial charge on any atom is -0.450 e. The van der Waals surface area contributed by atoms with E-state index in [0.29, 0.717) is 35.7 Å². The van der Waals surface area contributed by atoms with Gasteiger partial charge in [0.2, 0.25) is 11.0 Å². The van der Waals surface area contributed by atoms with Gasteiger partial charge in [-0.3, -0.25) is 20.2 Å². The SMILES string of the molecule is CCOC(=O)Nc1nnc(SCC(=O)N2CCN(c3ccc([N+](=O)[O-])cc3)CC2)s1. The lowest BCUT2D eigenvalue weighted by Crippen LogP contribution is -2.49. The summed E-state index contributed by atoms with van der Waals surface area (Å²) in [7, 11) is 0. The van der Waals surface area contributed by atoms with Gasteiger partial charge in [0.05, 0.1) is 17.3 Å². The van der Waals surface area contributed by atoms with E-state index in [1.54, 1.807) is 24.0 Å². The van der Waals surface area contributed by atoms with E-state index in [0.717, 1.165) is 5.69 Å². The topological polar surface area (TPSA) is 131 Å². The van der Waals surface area contributed by atoms with Gasteiger partial charge in [-0.2, -0.15) is 0 Å². The lowest BCUT2D eigenvalue weighted by molar-refractivity contribution is -0.384. The lowest BCUT2D eigenvalue weighted by Gasteiger charge is -2.36. The molecule has 0 aliphatic carbocycles. The fraction of sp³-hybridized carbons (Fsp3) is 0.412. The highest BCUT2D eigenvalue weighted by Crippen LogP contribution is 2.26. The number of nitro benzene ring substituents is 1. The summed E-state index contributed by atoms with van der Waals surface area (Å²) in [4.78, 5) is 38.1. The van der Waals surface area contributed by atoms with Crippen LogP contribution in [-0.4, -0.2) is 70.6 Å². The van der Waals surface area contributed by atoms with Crippen molar-refractivity contribution in [2.45, 2.75) is 11.3 Å². The smallest absolute Gasteiger partial charge is 0.413 e. The summed E-state index contributed by atoms with van der Waals surface area (Å²) >= 11 is 2.45. The van der Waals surface area contributed by atoms with Crippen LogP contribution in [0.15, 0.2) is 28.6 Å². The summed E-state index contributed by atoms with van der Waals surface area (Å²) in [5.74, 6) is 0.226. The summed E-state index contributed by atoms with van der Waals surface area (Å²) in [6.45, 7) is 4.42. The number of hydrogen-bond acceptors (Lipinski definition) is 10. The van der Waals surface area contributed by atoms with Crippen LogP contribution in [0, 0.1) is 10.1 Å². The number of piperazine rings is 1. The molecule has 1 saturated heterocycles. The molecule has 11 nitrogen and oxygen atoms in total. The predicted molar refractivity (Wildman–Crippen MR) is 113 cm³/mol. The molecule has 160 valence electrons. The van der Waals surface area contributed by atoms with Crippen molar-refractivity contribution in [3.8, 4) is 0 Å². The van der Waals surface area contributed by atoms with Gasteiger partial charge in [-0.05, 0) is 19.1 Å². The molecular formula is C17H20N6O5S2. The number of benzene rings is 1. The highest BCUT2D eigenvalue weighted by atomic mass is 32.2. The molecule has 1 aromatic carbocycles. The monoisotopic (exact) mass is 452 g/mol. The molecule has 30 heavy (non-hydrogen) atoms. The van der Waals surface area contributed by atoms with E-state index in [9.17, 15) is 19.7 Å². The Balaban J connectivity index is 1.44. The van der Waals surface area contributed by atoms with Crippen LogP contribution in [0.5, 0.6) is 0 Å². The maximum Gasteiger partial charge on any atom is 0.413 e. The summed E-state index contributed by atoms with van der Waals surface area (Å²) in [6, 6.07) is 6.42. The first-order chi connectivity index (χ1) is 14.5. The number of carbonyl (C=O) groups excluding carboxylic acids is 2. The predicted octanol–water partition coefficient (Wildman–Crippen LogP) is 2.46. The number of nitrogens with one attached hydrogen (secondary N) is 1. The molecule has 1 aliphatic heterocycles. The van der Waals surface area contributed by atoms with Gasteiger partial charge in [0, 0.05) is 44.0 Å². The van der Waals surface area contributed by atoms with Crippen LogP contribution >= 0.6 is 23.1 Å². The average molecular weight is 453 g/mol. The van der Waals surface area contributed by atoms with Gasteiger partial charge in [-0.15, -0.1) is 10.2 Å². The van der Waals surface area contributed by atoms with Crippen molar-refractivity contribution in [2.75, 3.05) is 48.8 Å². The quantitative estimate of drug-likeness (QED) is 0.291. The van der Waals surface area contributed by atoms with Gasteiger partial charge >= 0.3 is 6.09 Å². The molecule has 1 aliphatic rings. The minimum atomic E-state index is -0.591. The van der Waals surface area contributed by atoms with E-state index in [-0.39, 0.29) is 24.0 Å². The van der Waals surface area contributed by atoms with Crippen molar-refractivity contribution >= 4 is 51.6 Å². The number of carbonyl (C=O) groups is 2. The van der Waals surface area contributed by atoms with E-state index < -0.39 is 11.0 Å². The van der Waals surface area contributed by atoms with Gasteiger partial charge in [0.15, 0.2) is 4.34 Å². The first-order valence-corrected chi connectivity index (χ1v) is 10.9. The molecule has 0 radical (unpaired) electrons. The Labute approximate surface area is 180 Å². The van der Waals surface area contributed by atoms with Crippen LogP contribution in [0.1, 0.15) is 6.92 Å². The highest BCUT2D eigenvalue weighted by molar-refractivity contribution is 8.01. The second-order valence-electron chi connectivity index (χ2n) is 6.15. The van der Waals surface area contributed by atoms with E-state index in [2.05, 4.69) is 20.4 Å². The van der Waals surface area contributed by atoms with Gasteiger partial charge in [-0.25, -0.2) is 4.79 Å². The van der Waals surface area contributed by atoms with E-state index in [1.165, 1.54) is 35.2 Å². The Morgan fingerprint density at radius 1 is 1.23 bits per heavy atom. The van der Waals surface area contributed by atoms with E-state index >= 15 is 0 Å². The van der Waals surface area contributed by atoms with Crippen LogP contribution in [0.4, 0.5) is 21.3 Å². The zero-order valence-corrected chi connectivity index (χ0v) is 17.8. The van der Waals surface area contributed by atoms with Gasteiger partial charge < -0.3 is 14.5 Å². The first-order valence-electron chi connectivity index (χ1n) is 9.13. The molecule has 0 spiro atoms. The lowest BCUT2D eigenvalue weighted by atomic mass is 10.2. The number of nitro groups is 1. The maximum absolute atomic E-state index is 12.5. The number of thioether (sulfide) groups is 1. The average Bonchev–Trinajstić information content (AvgIpc) is 3.19. The molecule has 1 fully saturated rings. The normalized spacial score (nSPS) is 13.8. The van der Waals surface area contributed by atoms with Crippen LogP contribution in [0.2, 0.25) is 0 Å². The Hall–Kier alpha value is -2.93. The fourth-order valence-corrected chi connectivity index (χ4v) is 4.43. The molecular weight excluding hydrogens is 432 g/mol. The van der Waals surface area contributed by atoms with Crippen molar-refractivity contribution in [3.05, 3.63) is 34.4 Å². The van der Waals surface area contributed by atoms with Crippen LogP contribution in [0.3, 0.4) is 0 Å². The number of amides is 2. The van der Waals surface area contributed by atoms with Crippen LogP contribution < -0.4 is 10.2 Å². The van der Waals surface area contributed by atoms with Gasteiger partial charge in [0.1, 0.15) is 0 Å². The van der Waals surface area contributed by atoms with Crippen LogP contribution in [0.25, 0.3) is 0 Å². The van der Waals surface area contributed by atoms with Crippen LogP contribution in [-0.2, 0) is 9.53 Å². The molecule has 0 saturated carbocycles. The first kappa shape index (κ1) is 21.8. The van der Waals surface area contributed by atoms with Crippen molar-refractivity contribution in [2.24, 2.45) is 0 Å². The zero-order valence-electron chi connectivity index (χ0n) is 16.1. The Kier molecular flexibility index (Phi) is 7.41. The molecule has 0 atom stereocenters. The number of hydrogen-bond donors (Lipinski definition) is 1.